The van der Waals surface area contributed by atoms with E-state index in [9.17, 15) is 9.59 Å². The molecule has 2 N–H and O–H groups in total. The molecule has 2 amide bonds. The summed E-state index contributed by atoms with van der Waals surface area (Å²) in [6.45, 7) is 2.05. The zero-order valence-corrected chi connectivity index (χ0v) is 18.5. The number of methoxy groups -OCH3 is 1. The third kappa shape index (κ3) is 5.51. The molecule has 0 fully saturated rings. The van der Waals surface area contributed by atoms with E-state index in [4.69, 9.17) is 9.47 Å². The molecule has 0 aliphatic heterocycles. The molecular formula is C26H25N3O4. The van der Waals surface area contributed by atoms with Gasteiger partial charge in [0, 0.05) is 29.7 Å². The van der Waals surface area contributed by atoms with Gasteiger partial charge in [-0.2, -0.15) is 0 Å². The van der Waals surface area contributed by atoms with Crippen molar-refractivity contribution in [1.82, 2.24) is 4.57 Å². The van der Waals surface area contributed by atoms with Gasteiger partial charge in [-0.05, 0) is 48.0 Å². The van der Waals surface area contributed by atoms with E-state index in [1.807, 2.05) is 65.4 Å². The Kier molecular flexibility index (Phi) is 6.59. The van der Waals surface area contributed by atoms with Crippen LogP contribution in [0.5, 0.6) is 11.5 Å². The van der Waals surface area contributed by atoms with Gasteiger partial charge >= 0.3 is 0 Å². The zero-order valence-electron chi connectivity index (χ0n) is 18.5. The van der Waals surface area contributed by atoms with Gasteiger partial charge in [0.05, 0.1) is 12.8 Å². The van der Waals surface area contributed by atoms with Crippen LogP contribution in [0.3, 0.4) is 0 Å². The van der Waals surface area contributed by atoms with Crippen LogP contribution in [0.4, 0.5) is 11.4 Å². The van der Waals surface area contributed by atoms with E-state index in [1.54, 1.807) is 18.2 Å². The van der Waals surface area contributed by atoms with E-state index in [0.717, 1.165) is 22.2 Å². The van der Waals surface area contributed by atoms with Crippen LogP contribution in [0.25, 0.3) is 10.9 Å². The molecule has 0 bridgehead atoms. The fourth-order valence-electron chi connectivity index (χ4n) is 3.58. The van der Waals surface area contributed by atoms with E-state index < -0.39 is 0 Å². The number of nitrogens with one attached hydrogen (secondary N) is 2. The lowest BCUT2D eigenvalue weighted by molar-refractivity contribution is -0.116. The molecule has 33 heavy (non-hydrogen) atoms. The van der Waals surface area contributed by atoms with Gasteiger partial charge in [0.1, 0.15) is 24.7 Å². The smallest absolute Gasteiger partial charge is 0.244 e. The van der Waals surface area contributed by atoms with Crippen molar-refractivity contribution in [3.63, 3.8) is 0 Å². The lowest BCUT2D eigenvalue weighted by Gasteiger charge is -2.13. The predicted molar refractivity (Wildman–Crippen MR) is 129 cm³/mol. The second-order valence-corrected chi connectivity index (χ2v) is 7.58. The highest BCUT2D eigenvalue weighted by Crippen LogP contribution is 2.28. The summed E-state index contributed by atoms with van der Waals surface area (Å²) in [5.41, 5.74) is 3.09. The van der Waals surface area contributed by atoms with Gasteiger partial charge in [-0.15, -0.1) is 0 Å². The molecule has 0 aliphatic rings. The Hall–Kier alpha value is -4.26. The van der Waals surface area contributed by atoms with Crippen LogP contribution >= 0.6 is 0 Å². The minimum atomic E-state index is -0.213. The summed E-state index contributed by atoms with van der Waals surface area (Å²) in [6, 6.07) is 22.8. The monoisotopic (exact) mass is 443 g/mol. The molecule has 0 unspecified atom stereocenters. The molecule has 1 aromatic heterocycles. The van der Waals surface area contributed by atoms with Crippen LogP contribution in [0.1, 0.15) is 12.5 Å². The fourth-order valence-corrected chi connectivity index (χ4v) is 3.58. The second kappa shape index (κ2) is 9.91. The number of hydrogen-bond donors (Lipinski definition) is 2. The number of benzene rings is 3. The molecule has 0 radical (unpaired) electrons. The van der Waals surface area contributed by atoms with Gasteiger partial charge < -0.3 is 24.7 Å². The molecule has 7 heteroatoms. The molecule has 4 aromatic rings. The molecular weight excluding hydrogens is 418 g/mol. The number of amides is 2. The molecule has 1 heterocycles. The summed E-state index contributed by atoms with van der Waals surface area (Å²) in [7, 11) is 1.53. The first kappa shape index (κ1) is 22.0. The zero-order chi connectivity index (χ0) is 23.2. The van der Waals surface area contributed by atoms with Crippen LogP contribution in [0.15, 0.2) is 79.0 Å². The maximum absolute atomic E-state index is 12.8. The lowest BCUT2D eigenvalue weighted by Crippen LogP contribution is -2.19. The molecule has 0 saturated carbocycles. The Morgan fingerprint density at radius 1 is 0.939 bits per heavy atom. The summed E-state index contributed by atoms with van der Waals surface area (Å²) in [6.07, 6.45) is 1.87. The van der Waals surface area contributed by atoms with Gasteiger partial charge in [-0.1, -0.05) is 30.3 Å². The van der Waals surface area contributed by atoms with Crippen LogP contribution in [0.2, 0.25) is 0 Å². The van der Waals surface area contributed by atoms with Gasteiger partial charge in [-0.3, -0.25) is 9.59 Å². The highest BCUT2D eigenvalue weighted by atomic mass is 16.5. The van der Waals surface area contributed by atoms with Crippen molar-refractivity contribution >= 4 is 34.1 Å². The van der Waals surface area contributed by atoms with Gasteiger partial charge in [0.25, 0.3) is 0 Å². The summed E-state index contributed by atoms with van der Waals surface area (Å²) < 4.78 is 13.1. The molecule has 7 nitrogen and oxygen atoms in total. The van der Waals surface area contributed by atoms with Crippen molar-refractivity contribution in [3.05, 3.63) is 84.6 Å². The molecule has 3 aromatic carbocycles. The number of carbonyl (C=O) groups excluding carboxylic acids is 2. The maximum Gasteiger partial charge on any atom is 0.244 e. The quantitative estimate of drug-likeness (QED) is 0.409. The minimum absolute atomic E-state index is 0.126. The Balaban J connectivity index is 1.44. The van der Waals surface area contributed by atoms with Crippen molar-refractivity contribution in [3.8, 4) is 11.5 Å². The Morgan fingerprint density at radius 3 is 2.52 bits per heavy atom. The summed E-state index contributed by atoms with van der Waals surface area (Å²) in [4.78, 5) is 24.1. The number of carbonyl (C=O) groups is 2. The topological polar surface area (TPSA) is 81.6 Å². The predicted octanol–water partition coefficient (Wildman–Crippen LogP) is 4.83. The first-order chi connectivity index (χ1) is 16.0. The summed E-state index contributed by atoms with van der Waals surface area (Å²) in [5.74, 6) is 0.877. The van der Waals surface area contributed by atoms with Crippen LogP contribution < -0.4 is 20.1 Å². The molecule has 0 saturated heterocycles. The van der Waals surface area contributed by atoms with Crippen LogP contribution in [-0.2, 0) is 22.7 Å². The van der Waals surface area contributed by atoms with Crippen LogP contribution in [0, 0.1) is 0 Å². The number of nitrogens with zero attached hydrogens (tertiary/aromatic N) is 1. The third-order valence-electron chi connectivity index (χ3n) is 5.10. The van der Waals surface area contributed by atoms with Crippen molar-refractivity contribution < 1.29 is 19.1 Å². The normalized spacial score (nSPS) is 10.6. The Bertz CT molecular complexity index is 1280. The number of anilines is 2. The number of aromatic nitrogens is 1. The Morgan fingerprint density at radius 2 is 1.76 bits per heavy atom. The van der Waals surface area contributed by atoms with Crippen molar-refractivity contribution in [2.24, 2.45) is 0 Å². The SMILES string of the molecule is COc1ccc(NC(C)=O)cc1NC(=O)Cn1ccc2cc(OCc3ccccc3)ccc21. The number of hydrogen-bond acceptors (Lipinski definition) is 4. The van der Waals surface area contributed by atoms with Gasteiger partial charge in [-0.25, -0.2) is 0 Å². The van der Waals surface area contributed by atoms with E-state index in [-0.39, 0.29) is 18.4 Å². The van der Waals surface area contributed by atoms with Crippen molar-refractivity contribution in [2.75, 3.05) is 17.7 Å². The molecule has 0 atom stereocenters. The maximum atomic E-state index is 12.8. The van der Waals surface area contributed by atoms with E-state index in [2.05, 4.69) is 10.6 Å². The van der Waals surface area contributed by atoms with Crippen molar-refractivity contribution in [1.29, 1.82) is 0 Å². The Labute approximate surface area is 191 Å². The second-order valence-electron chi connectivity index (χ2n) is 7.58. The standard InChI is InChI=1S/C26H25N3O4/c1-18(30)27-21-8-11-25(32-2)23(15-21)28-26(31)16-29-13-12-20-14-22(9-10-24(20)29)33-17-19-6-4-3-5-7-19/h3-15H,16-17H2,1-2H3,(H,27,30)(H,28,31). The average molecular weight is 444 g/mol. The summed E-state index contributed by atoms with van der Waals surface area (Å²) >= 11 is 0. The highest BCUT2D eigenvalue weighted by Gasteiger charge is 2.12. The van der Waals surface area contributed by atoms with Crippen LogP contribution in [-0.4, -0.2) is 23.5 Å². The van der Waals surface area contributed by atoms with Gasteiger partial charge in [0.15, 0.2) is 0 Å². The highest BCUT2D eigenvalue weighted by molar-refractivity contribution is 5.95. The van der Waals surface area contributed by atoms with Gasteiger partial charge in [0.2, 0.25) is 11.8 Å². The van der Waals surface area contributed by atoms with E-state index in [1.165, 1.54) is 14.0 Å². The van der Waals surface area contributed by atoms with E-state index in [0.29, 0.717) is 23.7 Å². The number of rotatable bonds is 8. The molecule has 168 valence electrons. The first-order valence-electron chi connectivity index (χ1n) is 10.5. The van der Waals surface area contributed by atoms with Crippen molar-refractivity contribution in [2.45, 2.75) is 20.1 Å². The third-order valence-corrected chi connectivity index (χ3v) is 5.10. The molecule has 0 spiro atoms. The molecule has 0 aliphatic carbocycles. The summed E-state index contributed by atoms with van der Waals surface area (Å²) in [5, 5.41) is 6.55. The fraction of sp³-hybridized carbons (Fsp3) is 0.154. The molecule has 4 rings (SSSR count). The van der Waals surface area contributed by atoms with E-state index >= 15 is 0 Å². The lowest BCUT2D eigenvalue weighted by atomic mass is 10.2. The first-order valence-corrected chi connectivity index (χ1v) is 10.5. The minimum Gasteiger partial charge on any atom is -0.495 e. The average Bonchev–Trinajstić information content (AvgIpc) is 3.20. The number of ether oxygens (including phenoxy) is 2. The number of fused-ring (bicyclic) bond motifs is 1. The largest absolute Gasteiger partial charge is 0.495 e.